The molecule has 0 aliphatic rings. The minimum absolute atomic E-state index is 0.138. The summed E-state index contributed by atoms with van der Waals surface area (Å²) in [5.74, 6) is -0.320. The molecule has 0 fully saturated rings. The molecule has 0 bridgehead atoms. The summed E-state index contributed by atoms with van der Waals surface area (Å²) in [6.07, 6.45) is 0. The number of thiazole rings is 1. The van der Waals surface area contributed by atoms with E-state index in [9.17, 15) is 13.2 Å². The van der Waals surface area contributed by atoms with E-state index in [1.807, 2.05) is 31.2 Å². The first-order valence-electron chi connectivity index (χ1n) is 7.79. The third kappa shape index (κ3) is 3.92. The van der Waals surface area contributed by atoms with Crippen LogP contribution in [0.25, 0.3) is 0 Å². The molecule has 6 nitrogen and oxygen atoms in total. The Morgan fingerprint density at radius 1 is 1.00 bits per heavy atom. The van der Waals surface area contributed by atoms with Crippen LogP contribution >= 0.6 is 11.3 Å². The van der Waals surface area contributed by atoms with E-state index in [-0.39, 0.29) is 15.9 Å². The van der Waals surface area contributed by atoms with Crippen molar-refractivity contribution in [1.82, 2.24) is 4.98 Å². The van der Waals surface area contributed by atoms with Crippen LogP contribution in [0.15, 0.2) is 59.5 Å². The molecule has 3 aromatic rings. The van der Waals surface area contributed by atoms with Crippen LogP contribution in [0.3, 0.4) is 0 Å². The lowest BCUT2D eigenvalue weighted by molar-refractivity contribution is 0.102. The second-order valence-corrected chi connectivity index (χ2v) is 8.30. The smallest absolute Gasteiger partial charge is 0.267 e. The van der Waals surface area contributed by atoms with Gasteiger partial charge in [-0.25, -0.2) is 13.4 Å². The number of para-hydroxylation sites is 1. The quantitative estimate of drug-likeness (QED) is 0.697. The summed E-state index contributed by atoms with van der Waals surface area (Å²) in [6, 6.07) is 15.4. The summed E-state index contributed by atoms with van der Waals surface area (Å²) in [5.41, 5.74) is 2.11. The van der Waals surface area contributed by atoms with Gasteiger partial charge in [-0.15, -0.1) is 0 Å². The molecule has 0 atom stereocenters. The van der Waals surface area contributed by atoms with Crippen LogP contribution in [-0.2, 0) is 10.0 Å². The van der Waals surface area contributed by atoms with Gasteiger partial charge >= 0.3 is 0 Å². The number of aryl methyl sites for hydroxylation is 2. The average molecular weight is 387 g/mol. The Labute approximate surface area is 156 Å². The number of aromatic nitrogens is 1. The number of anilines is 2. The van der Waals surface area contributed by atoms with Crippen LogP contribution in [-0.4, -0.2) is 19.3 Å². The molecule has 0 unspecified atom stereocenters. The monoisotopic (exact) mass is 387 g/mol. The molecule has 0 radical (unpaired) electrons. The molecular weight excluding hydrogens is 370 g/mol. The number of amides is 1. The van der Waals surface area contributed by atoms with Crippen LogP contribution < -0.4 is 10.0 Å². The number of benzene rings is 2. The van der Waals surface area contributed by atoms with Crippen molar-refractivity contribution in [1.29, 1.82) is 0 Å². The van der Waals surface area contributed by atoms with Gasteiger partial charge < -0.3 is 5.32 Å². The first-order chi connectivity index (χ1) is 12.4. The second kappa shape index (κ2) is 7.27. The molecule has 1 amide bonds. The van der Waals surface area contributed by atoms with Crippen molar-refractivity contribution in [3.05, 3.63) is 70.7 Å². The number of nitrogens with one attached hydrogen (secondary N) is 2. The molecule has 0 saturated carbocycles. The summed E-state index contributed by atoms with van der Waals surface area (Å²) in [4.78, 5) is 17.2. The number of carbonyl (C=O) groups is 1. The Bertz CT molecular complexity index is 1040. The van der Waals surface area contributed by atoms with E-state index in [0.717, 1.165) is 16.9 Å². The maximum Gasteiger partial charge on any atom is 0.267 e. The summed E-state index contributed by atoms with van der Waals surface area (Å²) >= 11 is 1.00. The second-order valence-electron chi connectivity index (χ2n) is 5.62. The Kier molecular flexibility index (Phi) is 5.06. The molecule has 0 saturated heterocycles. The third-order valence-electron chi connectivity index (χ3n) is 3.67. The van der Waals surface area contributed by atoms with Crippen LogP contribution in [0, 0.1) is 13.8 Å². The molecule has 2 N–H and O–H groups in total. The number of hydrogen-bond acceptors (Lipinski definition) is 5. The number of nitrogens with zero attached hydrogens (tertiary/aromatic N) is 1. The van der Waals surface area contributed by atoms with Crippen LogP contribution in [0.1, 0.15) is 20.9 Å². The maximum atomic E-state index is 12.5. The standard InChI is InChI=1S/C18H17N3O3S2/c1-12-8-6-7-11-15(12)20-17(22)16-13(2)19-18(25-16)21-26(23,24)14-9-4-3-5-10-14/h3-11H,1-2H3,(H,19,21)(H,20,22). The summed E-state index contributed by atoms with van der Waals surface area (Å²) in [7, 11) is -3.74. The molecule has 3 rings (SSSR count). The molecule has 1 aromatic heterocycles. The highest BCUT2D eigenvalue weighted by Crippen LogP contribution is 2.26. The van der Waals surface area contributed by atoms with Crippen molar-refractivity contribution in [3.63, 3.8) is 0 Å². The molecule has 2 aromatic carbocycles. The number of sulfonamides is 1. The van der Waals surface area contributed by atoms with Crippen LogP contribution in [0.5, 0.6) is 0 Å². The number of carbonyl (C=O) groups excluding carboxylic acids is 1. The van der Waals surface area contributed by atoms with Crippen LogP contribution in [0.2, 0.25) is 0 Å². The highest BCUT2D eigenvalue weighted by atomic mass is 32.2. The van der Waals surface area contributed by atoms with E-state index in [2.05, 4.69) is 15.0 Å². The maximum absolute atomic E-state index is 12.5. The van der Waals surface area contributed by atoms with Crippen molar-refractivity contribution < 1.29 is 13.2 Å². The zero-order valence-electron chi connectivity index (χ0n) is 14.2. The van der Waals surface area contributed by atoms with Gasteiger partial charge in [0, 0.05) is 5.69 Å². The van der Waals surface area contributed by atoms with E-state index < -0.39 is 10.0 Å². The lowest BCUT2D eigenvalue weighted by Crippen LogP contribution is -2.12. The van der Waals surface area contributed by atoms with Gasteiger partial charge in [0.15, 0.2) is 5.13 Å². The lowest BCUT2D eigenvalue weighted by atomic mass is 10.2. The predicted molar refractivity (Wildman–Crippen MR) is 103 cm³/mol. The van der Waals surface area contributed by atoms with Crippen molar-refractivity contribution in [2.45, 2.75) is 18.7 Å². The largest absolute Gasteiger partial charge is 0.321 e. The van der Waals surface area contributed by atoms with Gasteiger partial charge in [-0.05, 0) is 37.6 Å². The highest BCUT2D eigenvalue weighted by Gasteiger charge is 2.20. The molecule has 1 heterocycles. The predicted octanol–water partition coefficient (Wildman–Crippen LogP) is 3.81. The molecule has 0 spiro atoms. The molecule has 26 heavy (non-hydrogen) atoms. The summed E-state index contributed by atoms with van der Waals surface area (Å²) < 4.78 is 27.2. The van der Waals surface area contributed by atoms with E-state index in [0.29, 0.717) is 16.3 Å². The van der Waals surface area contributed by atoms with Crippen molar-refractivity contribution in [2.75, 3.05) is 10.0 Å². The summed E-state index contributed by atoms with van der Waals surface area (Å²) in [5, 5.41) is 2.98. The third-order valence-corrected chi connectivity index (χ3v) is 6.23. The Balaban J connectivity index is 1.81. The topological polar surface area (TPSA) is 88.2 Å². The zero-order valence-corrected chi connectivity index (χ0v) is 15.8. The number of rotatable bonds is 5. The Hall–Kier alpha value is -2.71. The fraction of sp³-hybridized carbons (Fsp3) is 0.111. The van der Waals surface area contributed by atoms with Crippen molar-refractivity contribution in [3.8, 4) is 0 Å². The minimum Gasteiger partial charge on any atom is -0.321 e. The molecule has 0 aliphatic heterocycles. The first kappa shape index (κ1) is 18.1. The molecule has 134 valence electrons. The molecule has 8 heteroatoms. The van der Waals surface area contributed by atoms with E-state index in [1.165, 1.54) is 12.1 Å². The van der Waals surface area contributed by atoms with Gasteiger partial charge in [-0.2, -0.15) is 0 Å². The lowest BCUT2D eigenvalue weighted by Gasteiger charge is -2.06. The van der Waals surface area contributed by atoms with Gasteiger partial charge in [-0.3, -0.25) is 9.52 Å². The SMILES string of the molecule is Cc1ccccc1NC(=O)c1sc(NS(=O)(=O)c2ccccc2)nc1C. The number of hydrogen-bond donors (Lipinski definition) is 2. The normalized spacial score (nSPS) is 11.2. The van der Waals surface area contributed by atoms with Crippen molar-refractivity contribution >= 4 is 38.1 Å². The minimum atomic E-state index is -3.74. The first-order valence-corrected chi connectivity index (χ1v) is 10.1. The van der Waals surface area contributed by atoms with Gasteiger partial charge in [0.1, 0.15) is 4.88 Å². The van der Waals surface area contributed by atoms with E-state index >= 15 is 0 Å². The fourth-order valence-electron chi connectivity index (χ4n) is 2.32. The van der Waals surface area contributed by atoms with Gasteiger partial charge in [0.05, 0.1) is 10.6 Å². The van der Waals surface area contributed by atoms with Gasteiger partial charge in [0.25, 0.3) is 15.9 Å². The van der Waals surface area contributed by atoms with Crippen molar-refractivity contribution in [2.24, 2.45) is 0 Å². The fourth-order valence-corrected chi connectivity index (χ4v) is 4.43. The van der Waals surface area contributed by atoms with Gasteiger partial charge in [-0.1, -0.05) is 47.7 Å². The zero-order chi connectivity index (χ0) is 18.7. The summed E-state index contributed by atoms with van der Waals surface area (Å²) in [6.45, 7) is 3.57. The molecular formula is C18H17N3O3S2. The Morgan fingerprint density at radius 2 is 1.65 bits per heavy atom. The van der Waals surface area contributed by atoms with Gasteiger partial charge in [0.2, 0.25) is 0 Å². The van der Waals surface area contributed by atoms with E-state index in [1.54, 1.807) is 25.1 Å². The Morgan fingerprint density at radius 3 is 2.35 bits per heavy atom. The van der Waals surface area contributed by atoms with Crippen LogP contribution in [0.4, 0.5) is 10.8 Å². The van der Waals surface area contributed by atoms with E-state index in [4.69, 9.17) is 0 Å². The average Bonchev–Trinajstić information content (AvgIpc) is 2.97. The molecule has 0 aliphatic carbocycles. The highest BCUT2D eigenvalue weighted by molar-refractivity contribution is 7.93.